The van der Waals surface area contributed by atoms with Crippen molar-refractivity contribution in [3.8, 4) is 0 Å². The molecule has 172 valence electrons. The molecule has 0 amide bonds. The minimum atomic E-state index is -0.360. The van der Waals surface area contributed by atoms with E-state index in [2.05, 4.69) is 53.7 Å². The van der Waals surface area contributed by atoms with E-state index in [1.54, 1.807) is 0 Å². The number of fused-ring (bicyclic) bond motifs is 6. The lowest BCUT2D eigenvalue weighted by molar-refractivity contribution is -0.0967. The number of benzene rings is 1. The average molecular weight is 435 g/mol. The number of allylic oxidation sites excluding steroid dienone is 2. The highest BCUT2D eigenvalue weighted by Gasteiger charge is 2.60. The molecule has 2 aromatic rings. The van der Waals surface area contributed by atoms with Gasteiger partial charge in [0.2, 0.25) is 0 Å². The molecule has 7 atom stereocenters. The predicted molar refractivity (Wildman–Crippen MR) is 130 cm³/mol. The van der Waals surface area contributed by atoms with Gasteiger partial charge < -0.3 is 14.8 Å². The fourth-order valence-corrected chi connectivity index (χ4v) is 7.68. The van der Waals surface area contributed by atoms with Crippen LogP contribution >= 0.6 is 0 Å². The second kappa shape index (κ2) is 7.85. The molecular formula is C28H38N2O2. The maximum absolute atomic E-state index is 11.6. The first-order chi connectivity index (χ1) is 15.4. The van der Waals surface area contributed by atoms with Gasteiger partial charge in [-0.25, -0.2) is 4.98 Å². The van der Waals surface area contributed by atoms with Gasteiger partial charge in [0.15, 0.2) is 0 Å². The zero-order chi connectivity index (χ0) is 22.7. The molecule has 1 aromatic heterocycles. The molecule has 2 N–H and O–H groups in total. The minimum absolute atomic E-state index is 0.134. The molecule has 0 spiro atoms. The summed E-state index contributed by atoms with van der Waals surface area (Å²) in [5, 5.41) is 21.9. The molecule has 4 nitrogen and oxygen atoms in total. The first kappa shape index (κ1) is 21.9. The van der Waals surface area contributed by atoms with Crippen molar-refractivity contribution in [2.45, 2.75) is 78.4 Å². The van der Waals surface area contributed by atoms with E-state index in [1.165, 1.54) is 11.3 Å². The summed E-state index contributed by atoms with van der Waals surface area (Å²) >= 11 is 0. The van der Waals surface area contributed by atoms with Crippen LogP contribution in [0.5, 0.6) is 0 Å². The molecule has 2 saturated carbocycles. The average Bonchev–Trinajstić information content (AvgIpc) is 3.38. The van der Waals surface area contributed by atoms with Crippen molar-refractivity contribution in [2.75, 3.05) is 0 Å². The summed E-state index contributed by atoms with van der Waals surface area (Å²) in [5.41, 5.74) is 4.69. The highest BCUT2D eigenvalue weighted by molar-refractivity contribution is 5.80. The van der Waals surface area contributed by atoms with E-state index in [-0.39, 0.29) is 23.0 Å². The van der Waals surface area contributed by atoms with Crippen LogP contribution < -0.4 is 0 Å². The number of para-hydroxylation sites is 2. The summed E-state index contributed by atoms with van der Waals surface area (Å²) < 4.78 is 2.22. The van der Waals surface area contributed by atoms with Gasteiger partial charge in [-0.1, -0.05) is 57.6 Å². The molecule has 4 aliphatic carbocycles. The van der Waals surface area contributed by atoms with Crippen molar-refractivity contribution >= 4 is 16.7 Å². The smallest absolute Gasteiger partial charge is 0.100 e. The monoisotopic (exact) mass is 434 g/mol. The Bertz CT molecular complexity index is 1070. The van der Waals surface area contributed by atoms with Crippen LogP contribution in [-0.4, -0.2) is 32.0 Å². The van der Waals surface area contributed by atoms with Gasteiger partial charge >= 0.3 is 0 Å². The van der Waals surface area contributed by atoms with E-state index in [9.17, 15) is 10.2 Å². The third kappa shape index (κ3) is 2.92. The number of aliphatic hydroxyl groups is 2. The number of aromatic nitrogens is 2. The van der Waals surface area contributed by atoms with Crippen LogP contribution in [0.4, 0.5) is 0 Å². The van der Waals surface area contributed by atoms with Gasteiger partial charge in [0.05, 0.1) is 23.2 Å². The highest BCUT2D eigenvalue weighted by Crippen LogP contribution is 2.65. The lowest BCUT2D eigenvalue weighted by atomic mass is 9.47. The highest BCUT2D eigenvalue weighted by atomic mass is 16.3. The van der Waals surface area contributed by atoms with E-state index in [0.717, 1.165) is 49.6 Å². The molecule has 0 bridgehead atoms. The number of hydrogen-bond acceptors (Lipinski definition) is 3. The lowest BCUT2D eigenvalue weighted by Crippen LogP contribution is -2.55. The maximum atomic E-state index is 11.6. The Morgan fingerprint density at radius 2 is 1.81 bits per heavy atom. The largest absolute Gasteiger partial charge is 0.393 e. The van der Waals surface area contributed by atoms with Gasteiger partial charge in [-0.15, -0.1) is 0 Å². The van der Waals surface area contributed by atoms with Gasteiger partial charge in [-0.2, -0.15) is 0 Å². The Kier molecular flexibility index (Phi) is 5.37. The van der Waals surface area contributed by atoms with Crippen LogP contribution in [-0.2, 0) is 0 Å². The molecule has 32 heavy (non-hydrogen) atoms. The zero-order valence-electron chi connectivity index (χ0n) is 20.0. The fourth-order valence-electron chi connectivity index (χ4n) is 7.68. The Morgan fingerprint density at radius 1 is 1.03 bits per heavy atom. The van der Waals surface area contributed by atoms with Crippen LogP contribution in [0.1, 0.15) is 66.2 Å². The van der Waals surface area contributed by atoms with E-state index in [1.807, 2.05) is 26.2 Å². The van der Waals surface area contributed by atoms with Crippen LogP contribution in [0.2, 0.25) is 0 Å². The molecule has 1 heterocycles. The summed E-state index contributed by atoms with van der Waals surface area (Å²) in [6.07, 6.45) is 11.9. The Hall–Kier alpha value is -1.91. The van der Waals surface area contributed by atoms with E-state index < -0.39 is 0 Å². The summed E-state index contributed by atoms with van der Waals surface area (Å²) in [6, 6.07) is 8.28. The molecule has 0 radical (unpaired) electrons. The number of nitrogens with zero attached hydrogens (tertiary/aromatic N) is 2. The van der Waals surface area contributed by atoms with Crippen molar-refractivity contribution in [1.29, 1.82) is 0 Å². The third-order valence-corrected chi connectivity index (χ3v) is 9.44. The standard InChI is InChI=1S/C26H32N2O2.C2H6/c1-25-12-11-17(29)13-16(25)7-8-18-19-9-10-23(26(19,2)24(30)14-20(18)25)28-15-27-21-5-3-4-6-22(21)28;1-2/h3-7,10,15,17-20,24,29-30H,8-9,11-14H2,1-2H3;1-2H3/t17?,18?,19?,20?,24?,25-,26-;/m0./s1. The lowest BCUT2D eigenvalue weighted by Gasteiger charge is -2.59. The maximum Gasteiger partial charge on any atom is 0.100 e. The first-order valence-electron chi connectivity index (χ1n) is 12.6. The number of imidazole rings is 1. The van der Waals surface area contributed by atoms with Gasteiger partial charge in [0, 0.05) is 11.1 Å². The molecule has 4 heteroatoms. The Labute approximate surface area is 192 Å². The predicted octanol–water partition coefficient (Wildman–Crippen LogP) is 5.81. The van der Waals surface area contributed by atoms with Crippen molar-refractivity contribution in [3.05, 3.63) is 48.3 Å². The van der Waals surface area contributed by atoms with Gasteiger partial charge in [0.25, 0.3) is 0 Å². The van der Waals surface area contributed by atoms with Gasteiger partial charge in [0.1, 0.15) is 6.33 Å². The molecule has 5 unspecified atom stereocenters. The molecule has 2 fully saturated rings. The quantitative estimate of drug-likeness (QED) is 0.557. The van der Waals surface area contributed by atoms with Crippen LogP contribution in [0.15, 0.2) is 48.3 Å². The topological polar surface area (TPSA) is 58.3 Å². The summed E-state index contributed by atoms with van der Waals surface area (Å²) in [4.78, 5) is 4.62. The van der Waals surface area contributed by atoms with Crippen molar-refractivity contribution in [3.63, 3.8) is 0 Å². The van der Waals surface area contributed by atoms with Crippen molar-refractivity contribution < 1.29 is 10.2 Å². The van der Waals surface area contributed by atoms with E-state index in [4.69, 9.17) is 0 Å². The van der Waals surface area contributed by atoms with Crippen molar-refractivity contribution in [1.82, 2.24) is 9.55 Å². The van der Waals surface area contributed by atoms with Crippen LogP contribution in [0, 0.1) is 28.6 Å². The number of hydrogen-bond donors (Lipinski definition) is 2. The molecule has 0 aliphatic heterocycles. The van der Waals surface area contributed by atoms with E-state index >= 15 is 0 Å². The first-order valence-corrected chi connectivity index (χ1v) is 12.6. The molecular weight excluding hydrogens is 396 g/mol. The molecule has 6 rings (SSSR count). The second-order valence-corrected chi connectivity index (χ2v) is 10.6. The summed E-state index contributed by atoms with van der Waals surface area (Å²) in [6.45, 7) is 8.70. The van der Waals surface area contributed by atoms with E-state index in [0.29, 0.717) is 17.8 Å². The second-order valence-electron chi connectivity index (χ2n) is 10.6. The fraction of sp³-hybridized carbons (Fsp3) is 0.607. The Balaban J connectivity index is 0.00000105. The summed E-state index contributed by atoms with van der Waals surface area (Å²) in [5.74, 6) is 1.54. The van der Waals surface area contributed by atoms with Crippen LogP contribution in [0.3, 0.4) is 0 Å². The minimum Gasteiger partial charge on any atom is -0.393 e. The molecule has 1 aromatic carbocycles. The Morgan fingerprint density at radius 3 is 2.62 bits per heavy atom. The van der Waals surface area contributed by atoms with Gasteiger partial charge in [-0.3, -0.25) is 0 Å². The molecule has 0 saturated heterocycles. The zero-order valence-corrected chi connectivity index (χ0v) is 20.0. The van der Waals surface area contributed by atoms with Crippen molar-refractivity contribution in [2.24, 2.45) is 28.6 Å². The number of rotatable bonds is 1. The van der Waals surface area contributed by atoms with Gasteiger partial charge in [-0.05, 0) is 73.8 Å². The summed E-state index contributed by atoms with van der Waals surface area (Å²) in [7, 11) is 0. The SMILES string of the molecule is CC.C[C@@]12C(n3cnc4ccccc43)=CCC1C1CC=C3CC(O)CC[C@]3(C)C1CC2O. The number of aliphatic hydroxyl groups excluding tert-OH is 2. The normalized spacial score (nSPS) is 40.4. The van der Waals surface area contributed by atoms with Crippen LogP contribution in [0.25, 0.3) is 16.7 Å². The third-order valence-electron chi connectivity index (χ3n) is 9.44. The molecule has 4 aliphatic rings.